The summed E-state index contributed by atoms with van der Waals surface area (Å²) in [5.41, 5.74) is 1.86. The lowest BCUT2D eigenvalue weighted by Gasteiger charge is -2.13. The highest BCUT2D eigenvalue weighted by Gasteiger charge is 2.12. The summed E-state index contributed by atoms with van der Waals surface area (Å²) in [4.78, 5) is 16.4. The molecule has 1 aromatic carbocycles. The quantitative estimate of drug-likeness (QED) is 0.849. The average molecular weight is 288 g/mol. The second kappa shape index (κ2) is 6.54. The Morgan fingerprint density at radius 2 is 2.10 bits per heavy atom. The standard InChI is InChI=1S/C15H16N2O2S/c1-10(18)12-5-3-4-6-13(12)17-15(19)11-7-8-16-14(9-11)20-2/h3-10,18H,1-2H3,(H,17,19). The minimum atomic E-state index is -0.634. The number of hydrogen-bond donors (Lipinski definition) is 2. The minimum absolute atomic E-state index is 0.212. The first kappa shape index (κ1) is 14.6. The van der Waals surface area contributed by atoms with Gasteiger partial charge in [-0.05, 0) is 31.4 Å². The van der Waals surface area contributed by atoms with Crippen LogP contribution in [-0.4, -0.2) is 22.3 Å². The highest BCUT2D eigenvalue weighted by atomic mass is 32.2. The Labute approximate surface area is 122 Å². The van der Waals surface area contributed by atoms with E-state index in [1.807, 2.05) is 18.4 Å². The first-order valence-corrected chi connectivity index (χ1v) is 7.42. The maximum Gasteiger partial charge on any atom is 0.255 e. The molecular formula is C15H16N2O2S. The third-order valence-electron chi connectivity index (χ3n) is 2.87. The first-order valence-electron chi connectivity index (χ1n) is 6.20. The van der Waals surface area contributed by atoms with E-state index in [1.54, 1.807) is 37.4 Å². The van der Waals surface area contributed by atoms with Gasteiger partial charge in [0, 0.05) is 23.0 Å². The zero-order valence-electron chi connectivity index (χ0n) is 11.3. The molecule has 0 saturated heterocycles. The van der Waals surface area contributed by atoms with Gasteiger partial charge in [0.05, 0.1) is 11.1 Å². The van der Waals surface area contributed by atoms with Gasteiger partial charge < -0.3 is 10.4 Å². The number of hydrogen-bond acceptors (Lipinski definition) is 4. The van der Waals surface area contributed by atoms with Crippen molar-refractivity contribution in [2.75, 3.05) is 11.6 Å². The third kappa shape index (κ3) is 3.37. The van der Waals surface area contributed by atoms with E-state index in [0.29, 0.717) is 16.8 Å². The van der Waals surface area contributed by atoms with E-state index in [9.17, 15) is 9.90 Å². The van der Waals surface area contributed by atoms with Crippen molar-refractivity contribution in [1.82, 2.24) is 4.98 Å². The number of thioether (sulfide) groups is 1. The largest absolute Gasteiger partial charge is 0.389 e. The highest BCUT2D eigenvalue weighted by Crippen LogP contribution is 2.23. The number of aromatic nitrogens is 1. The molecule has 2 N–H and O–H groups in total. The van der Waals surface area contributed by atoms with Crippen molar-refractivity contribution in [3.8, 4) is 0 Å². The minimum Gasteiger partial charge on any atom is -0.389 e. The number of rotatable bonds is 4. The number of nitrogens with zero attached hydrogens (tertiary/aromatic N) is 1. The molecule has 0 radical (unpaired) electrons. The molecule has 2 rings (SSSR count). The van der Waals surface area contributed by atoms with Crippen LogP contribution < -0.4 is 5.32 Å². The lowest BCUT2D eigenvalue weighted by molar-refractivity contribution is 0.102. The Morgan fingerprint density at radius 3 is 2.80 bits per heavy atom. The summed E-state index contributed by atoms with van der Waals surface area (Å²) >= 11 is 1.48. The molecule has 0 saturated carbocycles. The molecule has 4 nitrogen and oxygen atoms in total. The van der Waals surface area contributed by atoms with Gasteiger partial charge in [-0.2, -0.15) is 0 Å². The predicted octanol–water partition coefficient (Wildman–Crippen LogP) is 3.11. The van der Waals surface area contributed by atoms with Crippen LogP contribution in [0.15, 0.2) is 47.6 Å². The van der Waals surface area contributed by atoms with Gasteiger partial charge >= 0.3 is 0 Å². The van der Waals surface area contributed by atoms with E-state index >= 15 is 0 Å². The second-order valence-corrected chi connectivity index (χ2v) is 5.13. The van der Waals surface area contributed by atoms with E-state index in [0.717, 1.165) is 5.03 Å². The summed E-state index contributed by atoms with van der Waals surface area (Å²) < 4.78 is 0. The normalized spacial score (nSPS) is 11.9. The summed E-state index contributed by atoms with van der Waals surface area (Å²) in [6.45, 7) is 1.67. The SMILES string of the molecule is CSc1cc(C(=O)Nc2ccccc2C(C)O)ccn1. The molecule has 0 aliphatic rings. The summed E-state index contributed by atoms with van der Waals surface area (Å²) in [5.74, 6) is -0.212. The number of para-hydroxylation sites is 1. The Kier molecular flexibility index (Phi) is 4.76. The Morgan fingerprint density at radius 1 is 1.35 bits per heavy atom. The van der Waals surface area contributed by atoms with Crippen LogP contribution in [0, 0.1) is 0 Å². The number of amides is 1. The van der Waals surface area contributed by atoms with E-state index < -0.39 is 6.10 Å². The van der Waals surface area contributed by atoms with Crippen LogP contribution in [0.1, 0.15) is 28.9 Å². The lowest BCUT2D eigenvalue weighted by Crippen LogP contribution is -2.14. The molecule has 0 aliphatic heterocycles. The number of pyridine rings is 1. The number of carbonyl (C=O) groups excluding carboxylic acids is 1. The number of aliphatic hydroxyl groups is 1. The molecule has 1 aromatic heterocycles. The van der Waals surface area contributed by atoms with Crippen molar-refractivity contribution in [3.05, 3.63) is 53.7 Å². The van der Waals surface area contributed by atoms with Gasteiger partial charge in [-0.3, -0.25) is 4.79 Å². The van der Waals surface area contributed by atoms with Gasteiger partial charge in [-0.1, -0.05) is 18.2 Å². The molecule has 2 aromatic rings. The fourth-order valence-electron chi connectivity index (χ4n) is 1.83. The van der Waals surface area contributed by atoms with Crippen LogP contribution in [0.3, 0.4) is 0 Å². The van der Waals surface area contributed by atoms with Crippen LogP contribution in [-0.2, 0) is 0 Å². The Balaban J connectivity index is 2.23. The smallest absolute Gasteiger partial charge is 0.255 e. The van der Waals surface area contributed by atoms with E-state index in [4.69, 9.17) is 0 Å². The van der Waals surface area contributed by atoms with Crippen molar-refractivity contribution in [2.45, 2.75) is 18.1 Å². The number of benzene rings is 1. The fourth-order valence-corrected chi connectivity index (χ4v) is 2.24. The highest BCUT2D eigenvalue weighted by molar-refractivity contribution is 7.98. The molecule has 104 valence electrons. The van der Waals surface area contributed by atoms with Crippen molar-refractivity contribution in [1.29, 1.82) is 0 Å². The molecule has 1 unspecified atom stereocenters. The van der Waals surface area contributed by atoms with Gasteiger partial charge in [0.1, 0.15) is 0 Å². The Hall–Kier alpha value is -1.85. The Bertz CT molecular complexity index is 614. The van der Waals surface area contributed by atoms with E-state index in [1.165, 1.54) is 11.8 Å². The molecule has 5 heteroatoms. The summed E-state index contributed by atoms with van der Waals surface area (Å²) in [6.07, 6.45) is 2.89. The number of anilines is 1. The molecule has 0 aliphatic carbocycles. The van der Waals surface area contributed by atoms with Crippen molar-refractivity contribution in [2.24, 2.45) is 0 Å². The topological polar surface area (TPSA) is 62.2 Å². The average Bonchev–Trinajstić information content (AvgIpc) is 2.47. The van der Waals surface area contributed by atoms with Gasteiger partial charge in [-0.15, -0.1) is 11.8 Å². The van der Waals surface area contributed by atoms with Gasteiger partial charge in [0.15, 0.2) is 0 Å². The van der Waals surface area contributed by atoms with Crippen LogP contribution in [0.5, 0.6) is 0 Å². The molecule has 1 heterocycles. The monoisotopic (exact) mass is 288 g/mol. The zero-order chi connectivity index (χ0) is 14.5. The first-order chi connectivity index (χ1) is 9.61. The van der Waals surface area contributed by atoms with Crippen molar-refractivity contribution < 1.29 is 9.90 Å². The van der Waals surface area contributed by atoms with Crippen LogP contribution in [0.4, 0.5) is 5.69 Å². The molecular weight excluding hydrogens is 272 g/mol. The van der Waals surface area contributed by atoms with Gasteiger partial charge in [0.2, 0.25) is 0 Å². The number of carbonyl (C=O) groups is 1. The molecule has 1 atom stereocenters. The van der Waals surface area contributed by atoms with E-state index in [2.05, 4.69) is 10.3 Å². The van der Waals surface area contributed by atoms with Crippen LogP contribution in [0.25, 0.3) is 0 Å². The van der Waals surface area contributed by atoms with Gasteiger partial charge in [0.25, 0.3) is 5.91 Å². The summed E-state index contributed by atoms with van der Waals surface area (Å²) in [6, 6.07) is 10.6. The van der Waals surface area contributed by atoms with Crippen LogP contribution >= 0.6 is 11.8 Å². The third-order valence-corrected chi connectivity index (χ3v) is 3.51. The van der Waals surface area contributed by atoms with Crippen LogP contribution in [0.2, 0.25) is 0 Å². The fraction of sp³-hybridized carbons (Fsp3) is 0.200. The van der Waals surface area contributed by atoms with Crippen molar-refractivity contribution >= 4 is 23.4 Å². The van der Waals surface area contributed by atoms with E-state index in [-0.39, 0.29) is 5.91 Å². The summed E-state index contributed by atoms with van der Waals surface area (Å²) in [7, 11) is 0. The molecule has 1 amide bonds. The maximum atomic E-state index is 12.2. The number of nitrogens with one attached hydrogen (secondary N) is 1. The summed E-state index contributed by atoms with van der Waals surface area (Å²) in [5, 5.41) is 13.3. The zero-order valence-corrected chi connectivity index (χ0v) is 12.1. The molecule has 0 spiro atoms. The second-order valence-electron chi connectivity index (χ2n) is 4.30. The molecule has 0 bridgehead atoms. The van der Waals surface area contributed by atoms with Gasteiger partial charge in [-0.25, -0.2) is 4.98 Å². The lowest BCUT2D eigenvalue weighted by atomic mass is 10.1. The predicted molar refractivity (Wildman–Crippen MR) is 81.0 cm³/mol. The maximum absolute atomic E-state index is 12.2. The molecule has 0 fully saturated rings. The van der Waals surface area contributed by atoms with Crippen molar-refractivity contribution in [3.63, 3.8) is 0 Å². The molecule has 20 heavy (non-hydrogen) atoms. The number of aliphatic hydroxyl groups excluding tert-OH is 1.